The summed E-state index contributed by atoms with van der Waals surface area (Å²) in [7, 11) is 0. The van der Waals surface area contributed by atoms with Crippen molar-refractivity contribution in [1.29, 1.82) is 0 Å². The Hall–Kier alpha value is -3.61. The second-order valence-corrected chi connectivity index (χ2v) is 6.72. The van der Waals surface area contributed by atoms with Gasteiger partial charge in [0.25, 0.3) is 0 Å². The second kappa shape index (κ2) is 7.56. The van der Waals surface area contributed by atoms with Crippen LogP contribution in [0.3, 0.4) is 0 Å². The van der Waals surface area contributed by atoms with Crippen LogP contribution in [0, 0.1) is 0 Å². The predicted molar refractivity (Wildman–Crippen MR) is 105 cm³/mol. The third-order valence-electron chi connectivity index (χ3n) is 4.95. The average molecular weight is 372 g/mol. The third-order valence-corrected chi connectivity index (χ3v) is 4.95. The number of Topliss-reactive ketones (excluding diaryl/α,β-unsaturated/α-hetero) is 1. The minimum atomic E-state index is -0.262. The molecule has 0 saturated heterocycles. The monoisotopic (exact) mass is 372 g/mol. The van der Waals surface area contributed by atoms with Crippen LogP contribution in [0.25, 0.3) is 22.8 Å². The van der Waals surface area contributed by atoms with E-state index in [9.17, 15) is 4.79 Å². The largest absolute Gasteiger partial charge is 0.298 e. The molecule has 0 aliphatic heterocycles. The lowest BCUT2D eigenvalue weighted by molar-refractivity contribution is -0.121. The minimum absolute atomic E-state index is 0.128. The highest BCUT2D eigenvalue weighted by Gasteiger charge is 2.23. The molecule has 0 saturated carbocycles. The first-order valence-corrected chi connectivity index (χ1v) is 9.09. The zero-order chi connectivity index (χ0) is 19.5. The van der Waals surface area contributed by atoms with E-state index in [2.05, 4.69) is 30.4 Å². The quantitative estimate of drug-likeness (QED) is 0.537. The number of carbonyl (C=O) groups is 1. The van der Waals surface area contributed by atoms with Crippen LogP contribution in [-0.2, 0) is 4.79 Å². The lowest BCUT2D eigenvalue weighted by Crippen LogP contribution is -2.17. The molecule has 7 nitrogen and oxygen atoms in total. The highest BCUT2D eigenvalue weighted by atomic mass is 16.1. The molecule has 0 fully saturated rings. The maximum Gasteiger partial charge on any atom is 0.147 e. The topological polar surface area (TPSA) is 100 Å². The van der Waals surface area contributed by atoms with Gasteiger partial charge in [-0.1, -0.05) is 26.0 Å². The minimum Gasteiger partial charge on any atom is -0.298 e. The molecule has 0 aliphatic carbocycles. The molecule has 4 aromatic rings. The number of rotatable bonds is 6. The summed E-state index contributed by atoms with van der Waals surface area (Å²) >= 11 is 0. The average Bonchev–Trinajstić information content (AvgIpc) is 3.47. The molecule has 0 aromatic carbocycles. The van der Waals surface area contributed by atoms with Crippen LogP contribution < -0.4 is 0 Å². The van der Waals surface area contributed by atoms with Gasteiger partial charge in [0.15, 0.2) is 0 Å². The molecule has 0 radical (unpaired) electrons. The van der Waals surface area contributed by atoms with Gasteiger partial charge in [0.05, 0.1) is 11.4 Å². The van der Waals surface area contributed by atoms with Crippen LogP contribution in [-0.4, -0.2) is 36.1 Å². The normalized spacial score (nSPS) is 13.2. The van der Waals surface area contributed by atoms with E-state index in [0.717, 1.165) is 33.9 Å². The maximum absolute atomic E-state index is 13.0. The molecule has 140 valence electrons. The molecule has 7 heteroatoms. The van der Waals surface area contributed by atoms with Crippen molar-refractivity contribution in [2.75, 3.05) is 0 Å². The fraction of sp³-hybridized carbons (Fsp3) is 0.190. The van der Waals surface area contributed by atoms with E-state index >= 15 is 0 Å². The second-order valence-electron chi connectivity index (χ2n) is 6.72. The van der Waals surface area contributed by atoms with Crippen molar-refractivity contribution in [3.63, 3.8) is 0 Å². The van der Waals surface area contributed by atoms with E-state index < -0.39 is 0 Å². The Kier molecular flexibility index (Phi) is 4.80. The third kappa shape index (κ3) is 3.46. The van der Waals surface area contributed by atoms with Gasteiger partial charge in [-0.3, -0.25) is 25.0 Å². The summed E-state index contributed by atoms with van der Waals surface area (Å²) in [5, 5.41) is 13.8. The van der Waals surface area contributed by atoms with Crippen LogP contribution in [0.15, 0.2) is 61.2 Å². The van der Waals surface area contributed by atoms with Gasteiger partial charge in [-0.05, 0) is 35.4 Å². The van der Waals surface area contributed by atoms with Crippen LogP contribution in [0.4, 0.5) is 0 Å². The summed E-state index contributed by atoms with van der Waals surface area (Å²) < 4.78 is 0. The van der Waals surface area contributed by atoms with E-state index in [0.29, 0.717) is 0 Å². The van der Waals surface area contributed by atoms with Crippen molar-refractivity contribution in [1.82, 2.24) is 30.4 Å². The number of nitrogens with zero attached hydrogens (tertiary/aromatic N) is 4. The molecule has 2 N–H and O–H groups in total. The molecular formula is C21H20N6O. The van der Waals surface area contributed by atoms with Crippen molar-refractivity contribution in [2.45, 2.75) is 25.7 Å². The lowest BCUT2D eigenvalue weighted by atomic mass is 9.87. The number of nitrogens with one attached hydrogen (secondary N) is 2. The molecule has 0 aliphatic rings. The van der Waals surface area contributed by atoms with Crippen molar-refractivity contribution in [3.8, 4) is 22.8 Å². The SMILES string of the molecule is CC(C(=O)C(C)c1ccc(-c2cc[nH]n2)nc1)c1ccc(-c2cc[nH]n2)nc1. The van der Waals surface area contributed by atoms with Crippen molar-refractivity contribution in [2.24, 2.45) is 0 Å². The summed E-state index contributed by atoms with van der Waals surface area (Å²) in [6.07, 6.45) is 7.00. The van der Waals surface area contributed by atoms with Gasteiger partial charge in [-0.15, -0.1) is 0 Å². The smallest absolute Gasteiger partial charge is 0.147 e. The fourth-order valence-electron chi connectivity index (χ4n) is 3.14. The van der Waals surface area contributed by atoms with E-state index in [1.54, 1.807) is 24.8 Å². The zero-order valence-corrected chi connectivity index (χ0v) is 15.6. The molecule has 2 atom stereocenters. The van der Waals surface area contributed by atoms with Gasteiger partial charge in [0.2, 0.25) is 0 Å². The van der Waals surface area contributed by atoms with E-state index in [1.807, 2.05) is 50.2 Å². The van der Waals surface area contributed by atoms with Gasteiger partial charge >= 0.3 is 0 Å². The molecule has 0 spiro atoms. The first-order chi connectivity index (χ1) is 13.6. The summed E-state index contributed by atoms with van der Waals surface area (Å²) in [6, 6.07) is 11.4. The summed E-state index contributed by atoms with van der Waals surface area (Å²) in [6.45, 7) is 3.82. The Morgan fingerprint density at radius 3 is 1.50 bits per heavy atom. The van der Waals surface area contributed by atoms with Gasteiger partial charge in [-0.25, -0.2) is 0 Å². The van der Waals surface area contributed by atoms with Crippen molar-refractivity contribution >= 4 is 5.78 Å². The highest BCUT2D eigenvalue weighted by Crippen LogP contribution is 2.27. The van der Waals surface area contributed by atoms with Crippen LogP contribution in [0.1, 0.15) is 36.8 Å². The standard InChI is InChI=1S/C21H20N6O/c1-13(15-3-5-17(22-11-15)19-7-9-24-26-19)21(28)14(2)16-4-6-18(23-12-16)20-8-10-25-27-20/h3-14H,1-2H3,(H,24,26)(H,25,27). The van der Waals surface area contributed by atoms with Gasteiger partial charge < -0.3 is 0 Å². The number of H-pyrrole nitrogens is 2. The molecule has 4 heterocycles. The summed E-state index contributed by atoms with van der Waals surface area (Å²) in [4.78, 5) is 21.9. The van der Waals surface area contributed by atoms with Crippen LogP contribution in [0.2, 0.25) is 0 Å². The molecule has 0 bridgehead atoms. The Morgan fingerprint density at radius 2 is 1.18 bits per heavy atom. The molecular weight excluding hydrogens is 352 g/mol. The molecule has 28 heavy (non-hydrogen) atoms. The first-order valence-electron chi connectivity index (χ1n) is 9.09. The zero-order valence-electron chi connectivity index (χ0n) is 15.6. The van der Waals surface area contributed by atoms with E-state index in [-0.39, 0.29) is 17.6 Å². The maximum atomic E-state index is 13.0. The molecule has 4 aromatic heterocycles. The Balaban J connectivity index is 1.48. The number of ketones is 1. The number of hydrogen-bond acceptors (Lipinski definition) is 5. The van der Waals surface area contributed by atoms with Crippen molar-refractivity contribution < 1.29 is 4.79 Å². The van der Waals surface area contributed by atoms with E-state index in [4.69, 9.17) is 0 Å². The highest BCUT2D eigenvalue weighted by molar-refractivity contribution is 5.91. The van der Waals surface area contributed by atoms with Gasteiger partial charge in [0, 0.05) is 36.6 Å². The first kappa shape index (κ1) is 17.8. The lowest BCUT2D eigenvalue weighted by Gasteiger charge is -2.17. The number of hydrogen-bond donors (Lipinski definition) is 2. The molecule has 4 rings (SSSR count). The summed E-state index contributed by atoms with van der Waals surface area (Å²) in [5.74, 6) is -0.396. The fourth-order valence-corrected chi connectivity index (χ4v) is 3.14. The predicted octanol–water partition coefficient (Wildman–Crippen LogP) is 3.73. The summed E-state index contributed by atoms with van der Waals surface area (Å²) in [5.41, 5.74) is 4.88. The molecule has 0 amide bonds. The Bertz CT molecular complexity index is 952. The number of aromatic nitrogens is 6. The van der Waals surface area contributed by atoms with E-state index in [1.165, 1.54) is 0 Å². The van der Waals surface area contributed by atoms with Crippen LogP contribution in [0.5, 0.6) is 0 Å². The van der Waals surface area contributed by atoms with Gasteiger partial charge in [0.1, 0.15) is 17.2 Å². The Labute approximate surface area is 162 Å². The Morgan fingerprint density at radius 1 is 0.714 bits per heavy atom. The van der Waals surface area contributed by atoms with Crippen molar-refractivity contribution in [3.05, 3.63) is 72.3 Å². The number of carbonyl (C=O) groups excluding carboxylic acids is 1. The number of aromatic amines is 2. The van der Waals surface area contributed by atoms with Gasteiger partial charge in [-0.2, -0.15) is 10.2 Å². The molecule has 2 unspecified atom stereocenters. The van der Waals surface area contributed by atoms with Crippen LogP contribution >= 0.6 is 0 Å². The number of pyridine rings is 2.